The van der Waals surface area contributed by atoms with E-state index in [1.165, 1.54) is 6.07 Å². The van der Waals surface area contributed by atoms with Crippen LogP contribution in [0.3, 0.4) is 0 Å². The summed E-state index contributed by atoms with van der Waals surface area (Å²) in [6, 6.07) is 1.88. The normalized spacial score (nSPS) is 13.2. The highest BCUT2D eigenvalue weighted by Gasteiger charge is 2.30. The summed E-state index contributed by atoms with van der Waals surface area (Å²) in [4.78, 5) is 3.64. The third-order valence-corrected chi connectivity index (χ3v) is 2.11. The van der Waals surface area contributed by atoms with E-state index in [4.69, 9.17) is 5.11 Å². The van der Waals surface area contributed by atoms with E-state index >= 15 is 0 Å². The molecule has 17 heavy (non-hydrogen) atoms. The molecule has 6 heteroatoms. The molecule has 1 heterocycles. The van der Waals surface area contributed by atoms with Gasteiger partial charge >= 0.3 is 6.18 Å². The molecular weight excluding hydrogens is 233 g/mol. The number of pyridine rings is 1. The maximum Gasteiger partial charge on any atom is 0.417 e. The monoisotopic (exact) mass is 246 g/mol. The van der Waals surface area contributed by atoms with Gasteiger partial charge in [0.15, 0.2) is 0 Å². The third kappa shape index (κ3) is 4.07. The second-order valence-electron chi connectivity index (χ2n) is 3.48. The van der Waals surface area contributed by atoms with Crippen molar-refractivity contribution < 1.29 is 18.3 Å². The molecule has 0 saturated heterocycles. The molecule has 0 fully saturated rings. The van der Waals surface area contributed by atoms with Crippen molar-refractivity contribution in [1.82, 2.24) is 4.98 Å². The molecule has 0 amide bonds. The van der Waals surface area contributed by atoms with Crippen molar-refractivity contribution in [3.63, 3.8) is 0 Å². The lowest BCUT2D eigenvalue weighted by Crippen LogP contribution is -2.23. The lowest BCUT2D eigenvalue weighted by molar-refractivity contribution is -0.137. The zero-order valence-electron chi connectivity index (χ0n) is 9.04. The second-order valence-corrected chi connectivity index (χ2v) is 3.48. The number of hydrogen-bond acceptors (Lipinski definition) is 3. The smallest absolute Gasteiger partial charge is 0.394 e. The molecule has 1 atom stereocenters. The van der Waals surface area contributed by atoms with Gasteiger partial charge in [-0.25, -0.2) is 4.98 Å². The number of anilines is 1. The number of hydrogen-bond donors (Lipinski definition) is 2. The molecule has 1 aromatic heterocycles. The number of halogens is 3. The lowest BCUT2D eigenvalue weighted by atomic mass is 10.2. The van der Waals surface area contributed by atoms with E-state index in [1.54, 1.807) is 6.08 Å². The molecule has 0 radical (unpaired) electrons. The van der Waals surface area contributed by atoms with E-state index in [0.717, 1.165) is 12.3 Å². The molecule has 0 aliphatic rings. The van der Waals surface area contributed by atoms with Gasteiger partial charge in [0, 0.05) is 6.20 Å². The van der Waals surface area contributed by atoms with Crippen LogP contribution in [0.5, 0.6) is 0 Å². The minimum atomic E-state index is -4.39. The van der Waals surface area contributed by atoms with Crippen LogP contribution in [0.4, 0.5) is 19.0 Å². The number of nitrogens with one attached hydrogen (secondary N) is 1. The van der Waals surface area contributed by atoms with Crippen molar-refractivity contribution in [3.8, 4) is 0 Å². The van der Waals surface area contributed by atoms with Crippen LogP contribution in [0.2, 0.25) is 0 Å². The van der Waals surface area contributed by atoms with E-state index in [9.17, 15) is 13.2 Å². The molecule has 0 saturated carbocycles. The van der Waals surface area contributed by atoms with Crippen molar-refractivity contribution >= 4 is 5.82 Å². The molecule has 0 aromatic carbocycles. The molecule has 3 nitrogen and oxygen atoms in total. The Morgan fingerprint density at radius 1 is 1.47 bits per heavy atom. The predicted molar refractivity (Wildman–Crippen MR) is 58.5 cm³/mol. The van der Waals surface area contributed by atoms with Crippen LogP contribution in [0.15, 0.2) is 31.0 Å². The largest absolute Gasteiger partial charge is 0.417 e. The number of aliphatic hydroxyl groups is 1. The Labute approximate surface area is 97.0 Å². The zero-order valence-corrected chi connectivity index (χ0v) is 9.04. The van der Waals surface area contributed by atoms with E-state index in [-0.39, 0.29) is 12.6 Å². The molecule has 0 unspecified atom stereocenters. The summed E-state index contributed by atoms with van der Waals surface area (Å²) in [7, 11) is 0. The van der Waals surface area contributed by atoms with Crippen molar-refractivity contribution in [3.05, 3.63) is 36.5 Å². The van der Waals surface area contributed by atoms with Crippen LogP contribution in [-0.4, -0.2) is 22.7 Å². The lowest BCUT2D eigenvalue weighted by Gasteiger charge is -2.15. The van der Waals surface area contributed by atoms with Crippen LogP contribution >= 0.6 is 0 Å². The Morgan fingerprint density at radius 2 is 2.18 bits per heavy atom. The molecule has 0 aliphatic heterocycles. The summed E-state index contributed by atoms with van der Waals surface area (Å²) in [5.74, 6) is 0.291. The number of nitrogens with zero attached hydrogens (tertiary/aromatic N) is 1. The summed E-state index contributed by atoms with van der Waals surface area (Å²) >= 11 is 0. The van der Waals surface area contributed by atoms with Gasteiger partial charge in [-0.3, -0.25) is 0 Å². The summed E-state index contributed by atoms with van der Waals surface area (Å²) in [6.07, 6.45) is -1.52. The third-order valence-electron chi connectivity index (χ3n) is 2.11. The van der Waals surface area contributed by atoms with Crippen LogP contribution in [-0.2, 0) is 6.18 Å². The Balaban J connectivity index is 2.71. The minimum absolute atomic E-state index is 0.144. The molecule has 94 valence electrons. The number of aromatic nitrogens is 1. The predicted octanol–water partition coefficient (Wildman–Crippen LogP) is 2.45. The van der Waals surface area contributed by atoms with Gasteiger partial charge in [0.2, 0.25) is 0 Å². The highest BCUT2D eigenvalue weighted by molar-refractivity contribution is 5.37. The van der Waals surface area contributed by atoms with Crippen molar-refractivity contribution in [2.24, 2.45) is 0 Å². The first-order chi connectivity index (χ1) is 7.97. The van der Waals surface area contributed by atoms with Crippen LogP contribution in [0, 0.1) is 0 Å². The Hall–Kier alpha value is -1.56. The zero-order chi connectivity index (χ0) is 12.9. The molecule has 1 rings (SSSR count). The van der Waals surface area contributed by atoms with Crippen LogP contribution in [0.1, 0.15) is 12.0 Å². The van der Waals surface area contributed by atoms with E-state index in [2.05, 4.69) is 16.9 Å². The topological polar surface area (TPSA) is 45.1 Å². The first-order valence-electron chi connectivity index (χ1n) is 4.99. The Bertz CT molecular complexity index is 362. The number of rotatable bonds is 5. The Kier molecular flexibility index (Phi) is 4.51. The van der Waals surface area contributed by atoms with Gasteiger partial charge in [-0.15, -0.1) is 6.58 Å². The Morgan fingerprint density at radius 3 is 2.59 bits per heavy atom. The van der Waals surface area contributed by atoms with Gasteiger partial charge in [-0.1, -0.05) is 6.08 Å². The average molecular weight is 246 g/mol. The van der Waals surface area contributed by atoms with E-state index in [1.807, 2.05) is 0 Å². The molecule has 1 aromatic rings. The molecule has 0 aliphatic carbocycles. The highest BCUT2D eigenvalue weighted by Crippen LogP contribution is 2.28. The van der Waals surface area contributed by atoms with Gasteiger partial charge < -0.3 is 10.4 Å². The van der Waals surface area contributed by atoms with Crippen molar-refractivity contribution in [1.29, 1.82) is 0 Å². The minimum Gasteiger partial charge on any atom is -0.394 e. The fourth-order valence-corrected chi connectivity index (χ4v) is 1.24. The maximum atomic E-state index is 12.3. The van der Waals surface area contributed by atoms with Crippen LogP contribution < -0.4 is 5.32 Å². The van der Waals surface area contributed by atoms with Crippen LogP contribution in [0.25, 0.3) is 0 Å². The summed E-state index contributed by atoms with van der Waals surface area (Å²) in [6.45, 7) is 3.37. The maximum absolute atomic E-state index is 12.3. The fraction of sp³-hybridized carbons (Fsp3) is 0.364. The van der Waals surface area contributed by atoms with Gasteiger partial charge in [-0.05, 0) is 18.6 Å². The standard InChI is InChI=1S/C11H13F3N2O/c1-2-3-9(7-17)16-10-5-4-8(6-15-10)11(12,13)14/h2,4-6,9,17H,1,3,7H2,(H,15,16)/t9-/m0/s1. The first-order valence-corrected chi connectivity index (χ1v) is 4.99. The SMILES string of the molecule is C=CC[C@@H](CO)Nc1ccc(C(F)(F)F)cn1. The van der Waals surface area contributed by atoms with E-state index in [0.29, 0.717) is 12.2 Å². The summed E-state index contributed by atoms with van der Waals surface area (Å²) in [5, 5.41) is 11.8. The molecular formula is C11H13F3N2O. The molecule has 0 spiro atoms. The van der Waals surface area contributed by atoms with Crippen molar-refractivity contribution in [2.45, 2.75) is 18.6 Å². The quantitative estimate of drug-likeness (QED) is 0.784. The fourth-order valence-electron chi connectivity index (χ4n) is 1.24. The first kappa shape index (κ1) is 13.5. The summed E-state index contributed by atoms with van der Waals surface area (Å²) < 4.78 is 36.8. The van der Waals surface area contributed by atoms with Gasteiger partial charge in [0.1, 0.15) is 5.82 Å². The van der Waals surface area contributed by atoms with Gasteiger partial charge in [0.25, 0.3) is 0 Å². The second kappa shape index (κ2) is 5.67. The number of alkyl halides is 3. The van der Waals surface area contributed by atoms with Gasteiger partial charge in [0.05, 0.1) is 18.2 Å². The molecule has 0 bridgehead atoms. The van der Waals surface area contributed by atoms with Crippen molar-refractivity contribution in [2.75, 3.05) is 11.9 Å². The summed E-state index contributed by atoms with van der Waals surface area (Å²) in [5.41, 5.74) is -0.799. The average Bonchev–Trinajstić information content (AvgIpc) is 2.28. The van der Waals surface area contributed by atoms with Gasteiger partial charge in [-0.2, -0.15) is 13.2 Å². The highest BCUT2D eigenvalue weighted by atomic mass is 19.4. The molecule has 2 N–H and O–H groups in total. The number of aliphatic hydroxyl groups excluding tert-OH is 1. The van der Waals surface area contributed by atoms with E-state index < -0.39 is 11.7 Å².